The van der Waals surface area contributed by atoms with E-state index in [0.29, 0.717) is 42.1 Å². The lowest BCUT2D eigenvalue weighted by atomic mass is 10.1. The van der Waals surface area contributed by atoms with Gasteiger partial charge in [0.05, 0.1) is 30.1 Å². The number of phenols is 1. The number of nitrogens with two attached hydrogens (primary N) is 1. The summed E-state index contributed by atoms with van der Waals surface area (Å²) in [4.78, 5) is 4.49. The highest BCUT2D eigenvalue weighted by Crippen LogP contribution is 2.36. The number of aliphatic imine (C=N–C) groups is 1. The number of alkyl halides is 3. The summed E-state index contributed by atoms with van der Waals surface area (Å²) in [6.45, 7) is 0.456. The molecule has 0 amide bonds. The monoisotopic (exact) mass is 512 g/mol. The molecular weight excluding hydrogens is 485 g/mol. The number of hydrogen-bond donors (Lipinski definition) is 3. The first-order valence-electron chi connectivity index (χ1n) is 10.8. The molecule has 3 rings (SSSR count). The summed E-state index contributed by atoms with van der Waals surface area (Å²) in [5.41, 5.74) is 5.64. The van der Waals surface area contributed by atoms with Gasteiger partial charge in [0.2, 0.25) is 10.0 Å². The average molecular weight is 513 g/mol. The summed E-state index contributed by atoms with van der Waals surface area (Å²) in [6, 6.07) is 9.09. The SMILES string of the molecule is CS(=O)(=O)N1CCC(N=C(N)c2ccc(O)c(/C=C/CN(O)c3ccccc3C(F)(F)F)c2)CC1. The van der Waals surface area contributed by atoms with Crippen LogP contribution in [0, 0.1) is 0 Å². The van der Waals surface area contributed by atoms with Gasteiger partial charge < -0.3 is 10.8 Å². The molecule has 2 aromatic carbocycles. The number of halogens is 3. The zero-order valence-corrected chi connectivity index (χ0v) is 19.8. The van der Waals surface area contributed by atoms with Crippen LogP contribution in [-0.4, -0.2) is 60.8 Å². The number of piperidine rings is 1. The molecular formula is C23H27F3N4O4S. The third kappa shape index (κ3) is 6.96. The van der Waals surface area contributed by atoms with E-state index >= 15 is 0 Å². The van der Waals surface area contributed by atoms with E-state index in [2.05, 4.69) is 4.99 Å². The number of phenolic OH excluding ortho intramolecular Hbond substituents is 1. The zero-order chi connectivity index (χ0) is 25.8. The minimum Gasteiger partial charge on any atom is -0.507 e. The summed E-state index contributed by atoms with van der Waals surface area (Å²) >= 11 is 0. The minimum absolute atomic E-state index is 0.0838. The predicted octanol–water partition coefficient (Wildman–Crippen LogP) is 3.45. The topological polar surface area (TPSA) is 119 Å². The first-order valence-corrected chi connectivity index (χ1v) is 12.6. The van der Waals surface area contributed by atoms with Crippen LogP contribution in [0.25, 0.3) is 6.08 Å². The van der Waals surface area contributed by atoms with Crippen LogP contribution in [-0.2, 0) is 16.2 Å². The fourth-order valence-corrected chi connectivity index (χ4v) is 4.61. The molecule has 8 nitrogen and oxygen atoms in total. The Morgan fingerprint density at radius 3 is 2.51 bits per heavy atom. The van der Waals surface area contributed by atoms with Crippen LogP contribution < -0.4 is 10.8 Å². The Morgan fingerprint density at radius 2 is 1.89 bits per heavy atom. The van der Waals surface area contributed by atoms with Gasteiger partial charge in [-0.2, -0.15) is 13.2 Å². The molecule has 2 aromatic rings. The van der Waals surface area contributed by atoms with Crippen molar-refractivity contribution in [3.63, 3.8) is 0 Å². The quantitative estimate of drug-likeness (QED) is 0.297. The highest BCUT2D eigenvalue weighted by Gasteiger charge is 2.34. The van der Waals surface area contributed by atoms with Crippen LogP contribution in [0.5, 0.6) is 5.75 Å². The van der Waals surface area contributed by atoms with Gasteiger partial charge in [-0.3, -0.25) is 15.3 Å². The van der Waals surface area contributed by atoms with Gasteiger partial charge >= 0.3 is 6.18 Å². The van der Waals surface area contributed by atoms with E-state index in [4.69, 9.17) is 5.73 Å². The third-order valence-electron chi connectivity index (χ3n) is 5.60. The number of sulfonamides is 1. The number of anilines is 1. The second kappa shape index (κ2) is 10.7. The Kier molecular flexibility index (Phi) is 8.08. The van der Waals surface area contributed by atoms with E-state index in [1.807, 2.05) is 0 Å². The van der Waals surface area contributed by atoms with Gasteiger partial charge in [-0.1, -0.05) is 24.3 Å². The molecule has 0 bridgehead atoms. The molecule has 1 fully saturated rings. The Bertz CT molecular complexity index is 1210. The zero-order valence-electron chi connectivity index (χ0n) is 19.0. The van der Waals surface area contributed by atoms with Crippen LogP contribution in [0.1, 0.15) is 29.5 Å². The van der Waals surface area contributed by atoms with Crippen molar-refractivity contribution >= 4 is 27.6 Å². The van der Waals surface area contributed by atoms with Gasteiger partial charge in [0, 0.05) is 24.2 Å². The van der Waals surface area contributed by atoms with Gasteiger partial charge in [-0.05, 0) is 43.2 Å². The van der Waals surface area contributed by atoms with Crippen molar-refractivity contribution in [2.45, 2.75) is 25.1 Å². The molecule has 0 unspecified atom stereocenters. The van der Waals surface area contributed by atoms with E-state index in [1.54, 1.807) is 12.1 Å². The number of hydroxylamine groups is 1. The third-order valence-corrected chi connectivity index (χ3v) is 6.90. The molecule has 35 heavy (non-hydrogen) atoms. The normalized spacial score (nSPS) is 16.7. The van der Waals surface area contributed by atoms with E-state index in [0.717, 1.165) is 12.1 Å². The van der Waals surface area contributed by atoms with Crippen molar-refractivity contribution in [3.8, 4) is 5.75 Å². The summed E-state index contributed by atoms with van der Waals surface area (Å²) in [5, 5.41) is 20.8. The van der Waals surface area contributed by atoms with Crippen LogP contribution >= 0.6 is 0 Å². The van der Waals surface area contributed by atoms with Crippen LogP contribution in [0.2, 0.25) is 0 Å². The molecule has 0 aromatic heterocycles. The lowest BCUT2D eigenvalue weighted by Crippen LogP contribution is -2.39. The maximum absolute atomic E-state index is 13.2. The second-order valence-electron chi connectivity index (χ2n) is 8.18. The van der Waals surface area contributed by atoms with E-state index in [9.17, 15) is 31.9 Å². The number of benzene rings is 2. The number of amidine groups is 1. The van der Waals surface area contributed by atoms with Gasteiger partial charge in [-0.25, -0.2) is 12.7 Å². The van der Waals surface area contributed by atoms with Crippen molar-refractivity contribution in [2.24, 2.45) is 10.7 Å². The Balaban J connectivity index is 1.69. The predicted molar refractivity (Wildman–Crippen MR) is 128 cm³/mol. The molecule has 0 spiro atoms. The van der Waals surface area contributed by atoms with Gasteiger partial charge in [-0.15, -0.1) is 0 Å². The van der Waals surface area contributed by atoms with Crippen LogP contribution in [0.4, 0.5) is 18.9 Å². The molecule has 0 saturated carbocycles. The number of para-hydroxylation sites is 1. The molecule has 190 valence electrons. The van der Waals surface area contributed by atoms with E-state index < -0.39 is 21.8 Å². The molecule has 0 aliphatic carbocycles. The molecule has 0 atom stereocenters. The van der Waals surface area contributed by atoms with Crippen molar-refractivity contribution in [2.75, 3.05) is 31.0 Å². The van der Waals surface area contributed by atoms with Crippen molar-refractivity contribution in [1.82, 2.24) is 4.31 Å². The number of aromatic hydroxyl groups is 1. The fourth-order valence-electron chi connectivity index (χ4n) is 3.74. The molecule has 1 saturated heterocycles. The Labute approximate surface area is 201 Å². The lowest BCUT2D eigenvalue weighted by molar-refractivity contribution is -0.137. The Hall–Kier alpha value is -3.09. The number of hydrogen-bond acceptors (Lipinski definition) is 6. The maximum atomic E-state index is 13.2. The minimum atomic E-state index is -4.62. The largest absolute Gasteiger partial charge is 0.507 e. The molecule has 0 radical (unpaired) electrons. The van der Waals surface area contributed by atoms with Crippen LogP contribution in [0.15, 0.2) is 53.5 Å². The number of rotatable bonds is 7. The van der Waals surface area contributed by atoms with Crippen molar-refractivity contribution in [3.05, 3.63) is 65.2 Å². The molecule has 4 N–H and O–H groups in total. The maximum Gasteiger partial charge on any atom is 0.418 e. The first-order chi connectivity index (χ1) is 16.4. The van der Waals surface area contributed by atoms with E-state index in [1.165, 1.54) is 40.9 Å². The summed E-state index contributed by atoms with van der Waals surface area (Å²) in [6.07, 6.45) is 0.471. The molecule has 1 aliphatic rings. The summed E-state index contributed by atoms with van der Waals surface area (Å²) in [5.74, 6) is 0.139. The first kappa shape index (κ1) is 26.5. The molecule has 1 heterocycles. The van der Waals surface area contributed by atoms with E-state index in [-0.39, 0.29) is 29.9 Å². The van der Waals surface area contributed by atoms with Gasteiger partial charge in [0.25, 0.3) is 0 Å². The highest BCUT2D eigenvalue weighted by atomic mass is 32.2. The average Bonchev–Trinajstić information content (AvgIpc) is 2.79. The van der Waals surface area contributed by atoms with Crippen molar-refractivity contribution in [1.29, 1.82) is 0 Å². The van der Waals surface area contributed by atoms with Crippen molar-refractivity contribution < 1.29 is 31.9 Å². The van der Waals surface area contributed by atoms with Crippen LogP contribution in [0.3, 0.4) is 0 Å². The van der Waals surface area contributed by atoms with Gasteiger partial charge in [0.15, 0.2) is 0 Å². The molecule has 1 aliphatic heterocycles. The highest BCUT2D eigenvalue weighted by molar-refractivity contribution is 7.88. The summed E-state index contributed by atoms with van der Waals surface area (Å²) in [7, 11) is -3.24. The lowest BCUT2D eigenvalue weighted by Gasteiger charge is -2.28. The molecule has 12 heteroatoms. The summed E-state index contributed by atoms with van der Waals surface area (Å²) < 4.78 is 64.2. The smallest absolute Gasteiger partial charge is 0.418 e. The second-order valence-corrected chi connectivity index (χ2v) is 10.2. The number of nitrogens with zero attached hydrogens (tertiary/aromatic N) is 3. The fraction of sp³-hybridized carbons (Fsp3) is 0.348. The Morgan fingerprint density at radius 1 is 1.23 bits per heavy atom. The standard InChI is InChI=1S/C23H27F3N4O4S/c1-35(33,34)29-13-10-18(11-14-29)28-22(27)17-8-9-21(31)16(15-17)5-4-12-30(32)20-7-3-2-6-19(20)23(24,25)26/h2-9,15,18,31-32H,10-14H2,1H3,(H2,27,28)/b5-4+. The van der Waals surface area contributed by atoms with Gasteiger partial charge in [0.1, 0.15) is 11.6 Å².